The summed E-state index contributed by atoms with van der Waals surface area (Å²) in [6.07, 6.45) is 0. The van der Waals surface area contributed by atoms with Crippen LogP contribution >= 0.6 is 22.9 Å². The van der Waals surface area contributed by atoms with Crippen LogP contribution in [0.15, 0.2) is 30.3 Å². The molecule has 1 aromatic carbocycles. The van der Waals surface area contributed by atoms with Crippen molar-refractivity contribution in [1.82, 2.24) is 0 Å². The van der Waals surface area contributed by atoms with Gasteiger partial charge in [-0.05, 0) is 23.8 Å². The second kappa shape index (κ2) is 4.15. The van der Waals surface area contributed by atoms with Crippen molar-refractivity contribution in [2.45, 2.75) is 0 Å². The van der Waals surface area contributed by atoms with Crippen LogP contribution in [0, 0.1) is 0 Å². The highest BCUT2D eigenvalue weighted by Crippen LogP contribution is 2.34. The van der Waals surface area contributed by atoms with E-state index >= 15 is 0 Å². The molecule has 5 heteroatoms. The van der Waals surface area contributed by atoms with Crippen LogP contribution in [0.3, 0.4) is 0 Å². The fourth-order valence-electron chi connectivity index (χ4n) is 1.36. The average Bonchev–Trinajstić information content (AvgIpc) is 2.60. The van der Waals surface area contributed by atoms with Crippen molar-refractivity contribution < 1.29 is 9.90 Å². The molecule has 0 aliphatic heterocycles. The molecule has 3 N–H and O–H groups in total. The summed E-state index contributed by atoms with van der Waals surface area (Å²) >= 11 is 7.10. The van der Waals surface area contributed by atoms with Crippen LogP contribution in [0.2, 0.25) is 5.02 Å². The van der Waals surface area contributed by atoms with E-state index in [1.165, 1.54) is 11.3 Å². The number of carboxylic acids is 1. The molecule has 0 bridgehead atoms. The van der Waals surface area contributed by atoms with Crippen LogP contribution in [0.5, 0.6) is 0 Å². The number of halogens is 1. The molecule has 0 saturated heterocycles. The summed E-state index contributed by atoms with van der Waals surface area (Å²) in [5.74, 6) is -1.01. The molecule has 0 unspecified atom stereocenters. The Labute approximate surface area is 101 Å². The van der Waals surface area contributed by atoms with Gasteiger partial charge in [0.25, 0.3) is 0 Å². The Balaban J connectivity index is 2.49. The van der Waals surface area contributed by atoms with Crippen LogP contribution in [-0.4, -0.2) is 11.1 Å². The third-order valence-electron chi connectivity index (χ3n) is 2.10. The normalized spacial score (nSPS) is 10.3. The van der Waals surface area contributed by atoms with Crippen molar-refractivity contribution >= 4 is 33.9 Å². The molecule has 0 aliphatic rings. The van der Waals surface area contributed by atoms with Crippen LogP contribution in [0.4, 0.5) is 5.00 Å². The molecule has 0 radical (unpaired) electrons. The van der Waals surface area contributed by atoms with E-state index in [1.54, 1.807) is 18.2 Å². The van der Waals surface area contributed by atoms with E-state index < -0.39 is 5.97 Å². The first kappa shape index (κ1) is 11.0. The van der Waals surface area contributed by atoms with Gasteiger partial charge in [-0.1, -0.05) is 23.7 Å². The maximum Gasteiger partial charge on any atom is 0.338 e. The minimum Gasteiger partial charge on any atom is -0.478 e. The Morgan fingerprint density at radius 2 is 2.12 bits per heavy atom. The molecule has 82 valence electrons. The Bertz CT molecular complexity index is 551. The highest BCUT2D eigenvalue weighted by atomic mass is 35.5. The molecule has 0 fully saturated rings. The third-order valence-corrected chi connectivity index (χ3v) is 3.35. The number of nitrogens with two attached hydrogens (primary N) is 1. The van der Waals surface area contributed by atoms with E-state index in [1.807, 2.05) is 12.1 Å². The highest BCUT2D eigenvalue weighted by molar-refractivity contribution is 7.19. The topological polar surface area (TPSA) is 63.3 Å². The van der Waals surface area contributed by atoms with Gasteiger partial charge in [0, 0.05) is 9.90 Å². The summed E-state index contributed by atoms with van der Waals surface area (Å²) in [5, 5.41) is 9.80. The largest absolute Gasteiger partial charge is 0.478 e. The second-order valence-electron chi connectivity index (χ2n) is 3.20. The first-order valence-electron chi connectivity index (χ1n) is 4.46. The predicted octanol–water partition coefficient (Wildman–Crippen LogP) is 3.35. The quantitative estimate of drug-likeness (QED) is 0.863. The molecule has 0 spiro atoms. The smallest absolute Gasteiger partial charge is 0.338 e. The minimum atomic E-state index is -1.01. The monoisotopic (exact) mass is 253 g/mol. The van der Waals surface area contributed by atoms with Gasteiger partial charge in [0.05, 0.1) is 5.56 Å². The van der Waals surface area contributed by atoms with Gasteiger partial charge in [-0.25, -0.2) is 4.79 Å². The van der Waals surface area contributed by atoms with Crippen molar-refractivity contribution in [2.75, 3.05) is 5.73 Å². The lowest BCUT2D eigenvalue weighted by atomic mass is 10.1. The van der Waals surface area contributed by atoms with Gasteiger partial charge in [0.1, 0.15) is 5.00 Å². The fourth-order valence-corrected chi connectivity index (χ4v) is 2.46. The Morgan fingerprint density at radius 3 is 2.69 bits per heavy atom. The number of thiophene rings is 1. The van der Waals surface area contributed by atoms with Crippen LogP contribution in [-0.2, 0) is 0 Å². The molecule has 0 aliphatic carbocycles. The standard InChI is InChI=1S/C11H8ClNO2S/c12-7-3-1-2-6(4-7)9-5-8(11(14)15)10(13)16-9/h1-5H,13H2,(H,14,15). The number of carbonyl (C=O) groups is 1. The Morgan fingerprint density at radius 1 is 1.38 bits per heavy atom. The van der Waals surface area contributed by atoms with Crippen molar-refractivity contribution in [3.8, 4) is 10.4 Å². The van der Waals surface area contributed by atoms with Crippen molar-refractivity contribution in [2.24, 2.45) is 0 Å². The summed E-state index contributed by atoms with van der Waals surface area (Å²) in [6, 6.07) is 8.78. The molecule has 0 saturated carbocycles. The molecule has 3 nitrogen and oxygen atoms in total. The van der Waals surface area contributed by atoms with E-state index in [0.717, 1.165) is 10.4 Å². The van der Waals surface area contributed by atoms with Crippen LogP contribution in [0.25, 0.3) is 10.4 Å². The molecule has 2 aromatic rings. The van der Waals surface area contributed by atoms with Crippen LogP contribution < -0.4 is 5.73 Å². The number of rotatable bonds is 2. The lowest BCUT2D eigenvalue weighted by molar-refractivity contribution is 0.0698. The zero-order valence-corrected chi connectivity index (χ0v) is 9.68. The first-order valence-corrected chi connectivity index (χ1v) is 5.66. The van der Waals surface area contributed by atoms with Gasteiger partial charge < -0.3 is 10.8 Å². The Kier molecular flexibility index (Phi) is 2.85. The number of nitrogen functional groups attached to an aromatic ring is 1. The highest BCUT2D eigenvalue weighted by Gasteiger charge is 2.13. The summed E-state index contributed by atoms with van der Waals surface area (Å²) in [7, 11) is 0. The molecule has 16 heavy (non-hydrogen) atoms. The van der Waals surface area contributed by atoms with E-state index in [9.17, 15) is 4.79 Å². The molecule has 1 aromatic heterocycles. The van der Waals surface area contributed by atoms with E-state index in [-0.39, 0.29) is 5.56 Å². The summed E-state index contributed by atoms with van der Waals surface area (Å²) in [5.41, 5.74) is 6.63. The molecule has 0 amide bonds. The molecular formula is C11H8ClNO2S. The maximum absolute atomic E-state index is 10.8. The minimum absolute atomic E-state index is 0.139. The van der Waals surface area contributed by atoms with E-state index in [0.29, 0.717) is 10.0 Å². The summed E-state index contributed by atoms with van der Waals surface area (Å²) in [6.45, 7) is 0. The zero-order chi connectivity index (χ0) is 11.7. The van der Waals surface area contributed by atoms with Crippen molar-refractivity contribution in [3.05, 3.63) is 40.9 Å². The molecule has 1 heterocycles. The third kappa shape index (κ3) is 2.03. The Hall–Kier alpha value is -1.52. The fraction of sp³-hybridized carbons (Fsp3) is 0. The van der Waals surface area contributed by atoms with E-state index in [4.69, 9.17) is 22.4 Å². The lowest BCUT2D eigenvalue weighted by Crippen LogP contribution is -1.97. The van der Waals surface area contributed by atoms with Gasteiger partial charge in [-0.2, -0.15) is 0 Å². The number of benzene rings is 1. The second-order valence-corrected chi connectivity index (χ2v) is 4.72. The molecular weight excluding hydrogens is 246 g/mol. The van der Waals surface area contributed by atoms with Crippen molar-refractivity contribution in [3.63, 3.8) is 0 Å². The number of aromatic carboxylic acids is 1. The molecule has 2 rings (SSSR count). The van der Waals surface area contributed by atoms with Gasteiger partial charge in [0.15, 0.2) is 0 Å². The maximum atomic E-state index is 10.8. The lowest BCUT2D eigenvalue weighted by Gasteiger charge is -1.96. The summed E-state index contributed by atoms with van der Waals surface area (Å²) < 4.78 is 0. The van der Waals surface area contributed by atoms with Crippen LogP contribution in [0.1, 0.15) is 10.4 Å². The SMILES string of the molecule is Nc1sc(-c2cccc(Cl)c2)cc1C(=O)O. The van der Waals surface area contributed by atoms with Gasteiger partial charge in [-0.15, -0.1) is 11.3 Å². The number of hydrogen-bond donors (Lipinski definition) is 2. The van der Waals surface area contributed by atoms with Gasteiger partial charge in [-0.3, -0.25) is 0 Å². The first-order chi connectivity index (χ1) is 7.58. The van der Waals surface area contributed by atoms with Gasteiger partial charge >= 0.3 is 5.97 Å². The molecule has 0 atom stereocenters. The summed E-state index contributed by atoms with van der Waals surface area (Å²) in [4.78, 5) is 11.6. The van der Waals surface area contributed by atoms with Gasteiger partial charge in [0.2, 0.25) is 0 Å². The predicted molar refractivity (Wildman–Crippen MR) is 66.1 cm³/mol. The van der Waals surface area contributed by atoms with Crippen molar-refractivity contribution in [1.29, 1.82) is 0 Å². The number of carboxylic acid groups (broad SMARTS) is 1. The number of anilines is 1. The van der Waals surface area contributed by atoms with E-state index in [2.05, 4.69) is 0 Å². The zero-order valence-electron chi connectivity index (χ0n) is 8.11. The number of hydrogen-bond acceptors (Lipinski definition) is 3. The average molecular weight is 254 g/mol.